The van der Waals surface area contributed by atoms with Gasteiger partial charge in [-0.05, 0) is 30.5 Å². The van der Waals surface area contributed by atoms with Crippen LogP contribution in [0.4, 0.5) is 0 Å². The molecule has 0 amide bonds. The van der Waals surface area contributed by atoms with Crippen molar-refractivity contribution >= 4 is 9.84 Å². The molecule has 0 aliphatic carbocycles. The van der Waals surface area contributed by atoms with Crippen LogP contribution in [0.3, 0.4) is 0 Å². The van der Waals surface area contributed by atoms with E-state index >= 15 is 0 Å². The lowest BCUT2D eigenvalue weighted by Gasteiger charge is -2.27. The largest absolute Gasteiger partial charge is 0.381 e. The van der Waals surface area contributed by atoms with Gasteiger partial charge >= 0.3 is 0 Å². The maximum absolute atomic E-state index is 11.4. The van der Waals surface area contributed by atoms with E-state index in [1.807, 2.05) is 0 Å². The van der Waals surface area contributed by atoms with Gasteiger partial charge in [0.15, 0.2) is 9.84 Å². The maximum Gasteiger partial charge on any atom is 0.175 e. The van der Waals surface area contributed by atoms with E-state index < -0.39 is 9.84 Å². The van der Waals surface area contributed by atoms with E-state index in [2.05, 4.69) is 0 Å². The van der Waals surface area contributed by atoms with Gasteiger partial charge in [-0.15, -0.1) is 0 Å². The molecule has 2 atom stereocenters. The first-order chi connectivity index (χ1) is 8.48. The van der Waals surface area contributed by atoms with E-state index in [0.717, 1.165) is 25.0 Å². The number of hydrogen-bond donors (Lipinski definition) is 1. The Morgan fingerprint density at radius 2 is 2.00 bits per heavy atom. The average molecular weight is 269 g/mol. The number of hydrogen-bond acceptors (Lipinski definition) is 4. The molecular formula is C13H19NO3S. The van der Waals surface area contributed by atoms with Crippen LogP contribution < -0.4 is 5.73 Å². The minimum atomic E-state index is -3.14. The highest BCUT2D eigenvalue weighted by molar-refractivity contribution is 7.90. The fraction of sp³-hybridized carbons (Fsp3) is 0.538. The van der Waals surface area contributed by atoms with Gasteiger partial charge in [-0.1, -0.05) is 12.1 Å². The molecule has 0 radical (unpaired) electrons. The zero-order valence-corrected chi connectivity index (χ0v) is 11.3. The van der Waals surface area contributed by atoms with Crippen molar-refractivity contribution in [3.8, 4) is 0 Å². The summed E-state index contributed by atoms with van der Waals surface area (Å²) >= 11 is 0. The predicted molar refractivity (Wildman–Crippen MR) is 70.0 cm³/mol. The van der Waals surface area contributed by atoms with E-state index in [1.54, 1.807) is 24.3 Å². The topological polar surface area (TPSA) is 69.4 Å². The van der Waals surface area contributed by atoms with Crippen LogP contribution in [0.1, 0.15) is 24.4 Å². The molecule has 2 unspecified atom stereocenters. The molecule has 1 aromatic carbocycles. The molecule has 2 N–H and O–H groups in total. The Labute approximate surface area is 108 Å². The fourth-order valence-corrected chi connectivity index (χ4v) is 2.89. The summed E-state index contributed by atoms with van der Waals surface area (Å²) in [6.07, 6.45) is 3.31. The van der Waals surface area contributed by atoms with Crippen LogP contribution in [0, 0.1) is 5.92 Å². The second-order valence-corrected chi connectivity index (χ2v) is 6.86. The monoisotopic (exact) mass is 269 g/mol. The Morgan fingerprint density at radius 1 is 1.33 bits per heavy atom. The van der Waals surface area contributed by atoms with E-state index in [0.29, 0.717) is 17.4 Å². The standard InChI is InChI=1S/C13H19NO3S/c1-18(15,16)12-6-4-10(5-7-12)13(14)11-3-2-8-17-9-11/h4-7,11,13H,2-3,8-9,14H2,1H3. The number of sulfone groups is 1. The molecule has 5 heteroatoms. The van der Waals surface area contributed by atoms with Crippen LogP contribution in [-0.4, -0.2) is 27.9 Å². The zero-order valence-electron chi connectivity index (χ0n) is 10.5. The SMILES string of the molecule is CS(=O)(=O)c1ccc(C(N)C2CCCOC2)cc1. The van der Waals surface area contributed by atoms with E-state index in [4.69, 9.17) is 10.5 Å². The van der Waals surface area contributed by atoms with Crippen molar-refractivity contribution in [3.05, 3.63) is 29.8 Å². The summed E-state index contributed by atoms with van der Waals surface area (Å²) in [5.74, 6) is 0.322. The van der Waals surface area contributed by atoms with Gasteiger partial charge < -0.3 is 10.5 Å². The van der Waals surface area contributed by atoms with Crippen molar-refractivity contribution in [2.75, 3.05) is 19.5 Å². The van der Waals surface area contributed by atoms with Crippen molar-refractivity contribution in [1.82, 2.24) is 0 Å². The minimum Gasteiger partial charge on any atom is -0.381 e. The lowest BCUT2D eigenvalue weighted by molar-refractivity contribution is 0.0447. The molecule has 1 heterocycles. The fourth-order valence-electron chi connectivity index (χ4n) is 2.26. The molecule has 0 bridgehead atoms. The summed E-state index contributed by atoms with van der Waals surface area (Å²) in [4.78, 5) is 0.332. The Balaban J connectivity index is 2.13. The van der Waals surface area contributed by atoms with Gasteiger partial charge in [0.2, 0.25) is 0 Å². The number of rotatable bonds is 3. The number of benzene rings is 1. The molecule has 4 nitrogen and oxygen atoms in total. The van der Waals surface area contributed by atoms with Gasteiger partial charge in [0, 0.05) is 24.8 Å². The third kappa shape index (κ3) is 3.10. The molecule has 0 saturated carbocycles. The Kier molecular flexibility index (Phi) is 4.04. The van der Waals surface area contributed by atoms with Gasteiger partial charge in [0.1, 0.15) is 0 Å². The second kappa shape index (κ2) is 5.38. The third-order valence-electron chi connectivity index (χ3n) is 3.40. The summed E-state index contributed by atoms with van der Waals surface area (Å²) in [6, 6.07) is 6.76. The van der Waals surface area contributed by atoms with Crippen LogP contribution in [-0.2, 0) is 14.6 Å². The first-order valence-corrected chi connectivity index (χ1v) is 8.01. The summed E-state index contributed by atoms with van der Waals surface area (Å²) in [7, 11) is -3.14. The molecule has 1 aromatic rings. The Bertz CT molecular complexity index is 489. The summed E-state index contributed by atoms with van der Waals surface area (Å²) < 4.78 is 28.2. The smallest absolute Gasteiger partial charge is 0.175 e. The van der Waals surface area contributed by atoms with Gasteiger partial charge in [-0.3, -0.25) is 0 Å². The summed E-state index contributed by atoms with van der Waals surface area (Å²) in [6.45, 7) is 1.51. The molecule has 18 heavy (non-hydrogen) atoms. The molecule has 1 aliphatic rings. The highest BCUT2D eigenvalue weighted by Gasteiger charge is 2.22. The summed E-state index contributed by atoms with van der Waals surface area (Å²) in [5.41, 5.74) is 7.17. The van der Waals surface area contributed by atoms with Crippen molar-refractivity contribution < 1.29 is 13.2 Å². The molecule has 1 saturated heterocycles. The highest BCUT2D eigenvalue weighted by atomic mass is 32.2. The van der Waals surface area contributed by atoms with Crippen LogP contribution in [0.15, 0.2) is 29.2 Å². The normalized spacial score (nSPS) is 22.7. The van der Waals surface area contributed by atoms with Gasteiger partial charge in [-0.25, -0.2) is 8.42 Å². The van der Waals surface area contributed by atoms with E-state index in [-0.39, 0.29) is 6.04 Å². The van der Waals surface area contributed by atoms with Crippen LogP contribution in [0.25, 0.3) is 0 Å². The summed E-state index contributed by atoms with van der Waals surface area (Å²) in [5, 5.41) is 0. The Hall–Kier alpha value is -0.910. The van der Waals surface area contributed by atoms with Crippen molar-refractivity contribution in [2.24, 2.45) is 11.7 Å². The van der Waals surface area contributed by atoms with E-state index in [1.165, 1.54) is 6.26 Å². The van der Waals surface area contributed by atoms with Crippen LogP contribution in [0.5, 0.6) is 0 Å². The zero-order chi connectivity index (χ0) is 13.2. The lowest BCUT2D eigenvalue weighted by atomic mass is 9.89. The molecule has 1 aliphatic heterocycles. The lowest BCUT2D eigenvalue weighted by Crippen LogP contribution is -2.29. The first-order valence-electron chi connectivity index (χ1n) is 6.12. The van der Waals surface area contributed by atoms with Gasteiger partial charge in [0.05, 0.1) is 11.5 Å². The van der Waals surface area contributed by atoms with Crippen molar-refractivity contribution in [2.45, 2.75) is 23.8 Å². The molecule has 1 fully saturated rings. The quantitative estimate of drug-likeness (QED) is 0.903. The third-order valence-corrected chi connectivity index (χ3v) is 4.53. The molecule has 0 spiro atoms. The van der Waals surface area contributed by atoms with Crippen molar-refractivity contribution in [1.29, 1.82) is 0 Å². The first kappa shape index (κ1) is 13.5. The minimum absolute atomic E-state index is 0.0843. The number of ether oxygens (including phenoxy) is 1. The van der Waals surface area contributed by atoms with Crippen molar-refractivity contribution in [3.63, 3.8) is 0 Å². The molecule has 2 rings (SSSR count). The average Bonchev–Trinajstić information content (AvgIpc) is 2.38. The van der Waals surface area contributed by atoms with Crippen LogP contribution in [0.2, 0.25) is 0 Å². The van der Waals surface area contributed by atoms with Gasteiger partial charge in [-0.2, -0.15) is 0 Å². The molecule has 100 valence electrons. The number of nitrogens with two attached hydrogens (primary N) is 1. The maximum atomic E-state index is 11.4. The van der Waals surface area contributed by atoms with Gasteiger partial charge in [0.25, 0.3) is 0 Å². The van der Waals surface area contributed by atoms with E-state index in [9.17, 15) is 8.42 Å². The second-order valence-electron chi connectivity index (χ2n) is 4.84. The Morgan fingerprint density at radius 3 is 2.50 bits per heavy atom. The van der Waals surface area contributed by atoms with Crippen LogP contribution >= 0.6 is 0 Å². The molecular weight excluding hydrogens is 250 g/mol. The highest BCUT2D eigenvalue weighted by Crippen LogP contribution is 2.27. The predicted octanol–water partition coefficient (Wildman–Crippen LogP) is 1.52. The molecule has 0 aromatic heterocycles.